The summed E-state index contributed by atoms with van der Waals surface area (Å²) in [4.78, 5) is 10.8. The van der Waals surface area contributed by atoms with Crippen LogP contribution in [0.1, 0.15) is 0 Å². The number of para-hydroxylation sites is 1. The second kappa shape index (κ2) is 5.26. The van der Waals surface area contributed by atoms with Crippen LogP contribution in [0, 0.1) is 0 Å². The highest BCUT2D eigenvalue weighted by Crippen LogP contribution is 2.21. The maximum atomic E-state index is 10.8. The van der Waals surface area contributed by atoms with Crippen molar-refractivity contribution in [3.8, 4) is 0 Å². The molecule has 0 fully saturated rings. The molecule has 1 aromatic rings. The highest BCUT2D eigenvalue weighted by atomic mass is 79.9. The molecule has 0 aliphatic heterocycles. The maximum absolute atomic E-state index is 10.8. The van der Waals surface area contributed by atoms with Crippen molar-refractivity contribution in [3.63, 3.8) is 0 Å². The number of hydrogen-bond acceptors (Lipinski definition) is 3. The van der Waals surface area contributed by atoms with Crippen molar-refractivity contribution in [1.82, 2.24) is 0 Å². The second-order valence-corrected chi connectivity index (χ2v) is 3.81. The Labute approximate surface area is 96.5 Å². The number of rotatable bonds is 4. The molecule has 0 spiro atoms. The fraction of sp³-hybridized carbons (Fsp3) is 0.222. The topological polar surface area (TPSA) is 40.5 Å². The van der Waals surface area contributed by atoms with Gasteiger partial charge in [-0.2, -0.15) is 12.6 Å². The van der Waals surface area contributed by atoms with Crippen molar-refractivity contribution in [2.45, 2.75) is 6.04 Å². The third-order valence-corrected chi connectivity index (χ3v) is 2.98. The van der Waals surface area contributed by atoms with Crippen molar-refractivity contribution in [3.05, 3.63) is 30.3 Å². The van der Waals surface area contributed by atoms with E-state index in [9.17, 15) is 4.79 Å². The summed E-state index contributed by atoms with van der Waals surface area (Å²) in [5, 5.41) is 8.88. The molecule has 0 saturated heterocycles. The van der Waals surface area contributed by atoms with Crippen molar-refractivity contribution in [2.24, 2.45) is 0 Å². The summed E-state index contributed by atoms with van der Waals surface area (Å²) in [5.41, 5.74) is 0.800. The minimum atomic E-state index is -0.902. The molecule has 1 rings (SSSR count). The quantitative estimate of drug-likeness (QED) is 0.654. The number of halogens is 1. The first kappa shape index (κ1) is 11.4. The molecule has 0 aliphatic rings. The van der Waals surface area contributed by atoms with Gasteiger partial charge in [-0.25, -0.2) is 4.79 Å². The number of carboxylic acid groups (broad SMARTS) is 1. The van der Waals surface area contributed by atoms with Gasteiger partial charge >= 0.3 is 5.97 Å². The van der Waals surface area contributed by atoms with Crippen LogP contribution in [-0.2, 0) is 4.79 Å². The van der Waals surface area contributed by atoms with E-state index in [1.54, 1.807) is 0 Å². The van der Waals surface area contributed by atoms with Gasteiger partial charge in [-0.15, -0.1) is 0 Å². The predicted molar refractivity (Wildman–Crippen MR) is 63.1 cm³/mol. The molecular formula is C9H10BrNO2S. The molecule has 1 atom stereocenters. The van der Waals surface area contributed by atoms with Gasteiger partial charge in [0.2, 0.25) is 0 Å². The Bertz CT molecular complexity index is 307. The summed E-state index contributed by atoms with van der Waals surface area (Å²) < 4.78 is 1.52. The Morgan fingerprint density at radius 1 is 1.50 bits per heavy atom. The van der Waals surface area contributed by atoms with Crippen molar-refractivity contribution in [2.75, 3.05) is 9.68 Å². The molecule has 1 aromatic carbocycles. The van der Waals surface area contributed by atoms with E-state index in [0.29, 0.717) is 0 Å². The molecule has 0 radical (unpaired) electrons. The van der Waals surface area contributed by atoms with Crippen LogP contribution in [0.3, 0.4) is 0 Å². The molecule has 0 saturated carbocycles. The molecule has 14 heavy (non-hydrogen) atoms. The number of anilines is 1. The Hall–Kier alpha value is -0.680. The van der Waals surface area contributed by atoms with E-state index in [2.05, 4.69) is 28.8 Å². The monoisotopic (exact) mass is 275 g/mol. The Morgan fingerprint density at radius 3 is 2.50 bits per heavy atom. The van der Waals surface area contributed by atoms with Gasteiger partial charge in [0, 0.05) is 11.4 Å². The van der Waals surface area contributed by atoms with Crippen LogP contribution in [0.5, 0.6) is 0 Å². The molecule has 1 N–H and O–H groups in total. The van der Waals surface area contributed by atoms with Crippen LogP contribution < -0.4 is 3.93 Å². The lowest BCUT2D eigenvalue weighted by atomic mass is 10.2. The summed E-state index contributed by atoms with van der Waals surface area (Å²) in [6.07, 6.45) is 0. The van der Waals surface area contributed by atoms with Gasteiger partial charge in [-0.1, -0.05) is 18.2 Å². The fourth-order valence-corrected chi connectivity index (χ4v) is 2.10. The Balaban J connectivity index is 2.83. The molecule has 76 valence electrons. The normalized spacial score (nSPS) is 12.1. The zero-order valence-electron chi connectivity index (χ0n) is 7.30. The van der Waals surface area contributed by atoms with E-state index in [4.69, 9.17) is 5.11 Å². The van der Waals surface area contributed by atoms with Crippen molar-refractivity contribution < 1.29 is 9.90 Å². The summed E-state index contributed by atoms with van der Waals surface area (Å²) in [6, 6.07) is 8.56. The summed E-state index contributed by atoms with van der Waals surface area (Å²) >= 11 is 7.21. The first-order valence-corrected chi connectivity index (χ1v) is 5.34. The van der Waals surface area contributed by atoms with Crippen LogP contribution in [0.2, 0.25) is 0 Å². The van der Waals surface area contributed by atoms with Crippen LogP contribution in [0.4, 0.5) is 5.69 Å². The van der Waals surface area contributed by atoms with Gasteiger partial charge in [-0.3, -0.25) is 3.93 Å². The zero-order valence-corrected chi connectivity index (χ0v) is 9.78. The van der Waals surface area contributed by atoms with E-state index >= 15 is 0 Å². The molecule has 0 bridgehead atoms. The minimum Gasteiger partial charge on any atom is -0.480 e. The summed E-state index contributed by atoms with van der Waals surface area (Å²) in [5.74, 6) is -0.657. The molecule has 5 heteroatoms. The average molecular weight is 276 g/mol. The SMILES string of the molecule is O=C(O)[C@H](CS)N(Br)c1ccccc1. The standard InChI is InChI=1S/C9H10BrNO2S/c10-11(8(6-14)9(12)13)7-4-2-1-3-5-7/h1-5,8,14H,6H2,(H,12,13)/t8-/m0/s1. The molecule has 0 heterocycles. The molecule has 0 aromatic heterocycles. The predicted octanol–water partition coefficient (Wildman–Crippen LogP) is 2.19. The van der Waals surface area contributed by atoms with E-state index in [0.717, 1.165) is 5.69 Å². The van der Waals surface area contributed by atoms with E-state index in [-0.39, 0.29) is 5.75 Å². The van der Waals surface area contributed by atoms with Crippen LogP contribution in [0.15, 0.2) is 30.3 Å². The van der Waals surface area contributed by atoms with Gasteiger partial charge in [0.1, 0.15) is 6.04 Å². The summed E-state index contributed by atoms with van der Waals surface area (Å²) in [7, 11) is 0. The maximum Gasteiger partial charge on any atom is 0.328 e. The van der Waals surface area contributed by atoms with Gasteiger partial charge < -0.3 is 5.11 Å². The smallest absolute Gasteiger partial charge is 0.328 e. The van der Waals surface area contributed by atoms with Crippen molar-refractivity contribution in [1.29, 1.82) is 0 Å². The first-order valence-electron chi connectivity index (χ1n) is 4.00. The molecule has 0 unspecified atom stereocenters. The number of nitrogens with zero attached hydrogens (tertiary/aromatic N) is 1. The molecule has 0 aliphatic carbocycles. The molecular weight excluding hydrogens is 266 g/mol. The minimum absolute atomic E-state index is 0.246. The van der Waals surface area contributed by atoms with E-state index < -0.39 is 12.0 Å². The second-order valence-electron chi connectivity index (χ2n) is 2.68. The first-order chi connectivity index (χ1) is 6.66. The van der Waals surface area contributed by atoms with E-state index in [1.807, 2.05) is 30.3 Å². The zero-order chi connectivity index (χ0) is 10.6. The van der Waals surface area contributed by atoms with Gasteiger partial charge in [-0.05, 0) is 12.1 Å². The highest BCUT2D eigenvalue weighted by molar-refractivity contribution is 9.10. The largest absolute Gasteiger partial charge is 0.480 e. The third kappa shape index (κ3) is 2.65. The number of carboxylic acids is 1. The third-order valence-electron chi connectivity index (χ3n) is 1.73. The van der Waals surface area contributed by atoms with Gasteiger partial charge in [0.05, 0.1) is 16.1 Å². The lowest BCUT2D eigenvalue weighted by Gasteiger charge is -2.22. The number of aliphatic carboxylic acids is 1. The number of hydrogen-bond donors (Lipinski definition) is 2. The van der Waals surface area contributed by atoms with Gasteiger partial charge in [0.25, 0.3) is 0 Å². The van der Waals surface area contributed by atoms with Crippen LogP contribution in [0.25, 0.3) is 0 Å². The number of benzene rings is 1. The number of carbonyl (C=O) groups is 1. The van der Waals surface area contributed by atoms with E-state index in [1.165, 1.54) is 3.93 Å². The lowest BCUT2D eigenvalue weighted by Crippen LogP contribution is -2.36. The lowest BCUT2D eigenvalue weighted by molar-refractivity contribution is -0.137. The van der Waals surface area contributed by atoms with Gasteiger partial charge in [0.15, 0.2) is 0 Å². The highest BCUT2D eigenvalue weighted by Gasteiger charge is 2.22. The molecule has 0 amide bonds. The molecule has 3 nitrogen and oxygen atoms in total. The number of thiol groups is 1. The van der Waals surface area contributed by atoms with Crippen LogP contribution in [-0.4, -0.2) is 22.9 Å². The Kier molecular flexibility index (Phi) is 4.28. The Morgan fingerprint density at radius 2 is 2.07 bits per heavy atom. The fourth-order valence-electron chi connectivity index (χ4n) is 0.997. The summed E-state index contributed by atoms with van der Waals surface area (Å²) in [6.45, 7) is 0. The van der Waals surface area contributed by atoms with Crippen LogP contribution >= 0.6 is 28.8 Å². The average Bonchev–Trinajstić information content (AvgIpc) is 2.19. The van der Waals surface area contributed by atoms with Crippen molar-refractivity contribution >= 4 is 40.4 Å².